The van der Waals surface area contributed by atoms with Gasteiger partial charge in [0.1, 0.15) is 34.9 Å². The van der Waals surface area contributed by atoms with Gasteiger partial charge < -0.3 is 49.6 Å². The fraction of sp³-hybridized carbons (Fsp3) is 0.412. The third-order valence-corrected chi connectivity index (χ3v) is 15.2. The molecule has 0 aliphatic carbocycles. The number of benzene rings is 4. The maximum absolute atomic E-state index is 12.9. The molecule has 4 N–H and O–H groups in total. The summed E-state index contributed by atoms with van der Waals surface area (Å²) in [5.41, 5.74) is 4.85. The standard InChI is InChI=1S/2C34H39F2N5O4/c2*1-21-12-14-24-22(13-15-28(42)30(35)36)8-5-10-25(24)29(21)44-31-26(11-6-17-37-31)27-16-18-38-32(40-27)39-23-9-7-19-41(20-23)33(43)45-34(2,3)4/h2*5-6,8,10-12,14,16-18,23,28,30,42H,7,9,13,15,19-20H2,1-4H3,(H,38,39,40)/t23-,28+;23-,28-/m00/s1. The van der Waals surface area contributed by atoms with Crippen LogP contribution in [0, 0.1) is 13.8 Å². The summed E-state index contributed by atoms with van der Waals surface area (Å²) in [6.45, 7) is 17.2. The molecule has 4 atom stereocenters. The Labute approximate surface area is 521 Å². The highest BCUT2D eigenvalue weighted by atomic mass is 19.3. The van der Waals surface area contributed by atoms with E-state index in [0.717, 1.165) is 69.5 Å². The summed E-state index contributed by atoms with van der Waals surface area (Å²) in [4.78, 5) is 56.1. The average molecular weight is 1240 g/mol. The molecule has 90 heavy (non-hydrogen) atoms. The van der Waals surface area contributed by atoms with E-state index >= 15 is 0 Å². The predicted octanol–water partition coefficient (Wildman–Crippen LogP) is 14.3. The number of halogens is 4. The zero-order valence-electron chi connectivity index (χ0n) is 51.9. The maximum Gasteiger partial charge on any atom is 0.410 e. The molecule has 10 rings (SSSR count). The molecule has 476 valence electrons. The second-order valence-electron chi connectivity index (χ2n) is 24.6. The van der Waals surface area contributed by atoms with Gasteiger partial charge in [0.15, 0.2) is 0 Å². The molecule has 2 saturated heterocycles. The summed E-state index contributed by atoms with van der Waals surface area (Å²) in [6, 6.07) is 29.9. The van der Waals surface area contributed by atoms with E-state index in [0.29, 0.717) is 96.7 Å². The summed E-state index contributed by atoms with van der Waals surface area (Å²) in [7, 11) is 0. The molecular weight excluding hydrogens is 1160 g/mol. The molecule has 8 aromatic rings. The van der Waals surface area contributed by atoms with Crippen LogP contribution >= 0.6 is 0 Å². The summed E-state index contributed by atoms with van der Waals surface area (Å²) >= 11 is 0. The molecule has 22 heteroatoms. The molecule has 0 bridgehead atoms. The number of anilines is 2. The number of carbonyl (C=O) groups excluding carboxylic acids is 2. The molecule has 18 nitrogen and oxygen atoms in total. The van der Waals surface area contributed by atoms with E-state index in [1.165, 1.54) is 0 Å². The van der Waals surface area contributed by atoms with Crippen molar-refractivity contribution < 1.29 is 56.3 Å². The van der Waals surface area contributed by atoms with Crippen molar-refractivity contribution in [3.63, 3.8) is 0 Å². The topological polar surface area (TPSA) is 219 Å². The highest BCUT2D eigenvalue weighted by Crippen LogP contribution is 2.40. The Balaban J connectivity index is 0.000000213. The number of aliphatic hydroxyl groups excluding tert-OH is 2. The van der Waals surface area contributed by atoms with Crippen LogP contribution in [0.25, 0.3) is 44.1 Å². The number of amides is 2. The number of hydrogen-bond donors (Lipinski definition) is 4. The molecule has 2 aliphatic heterocycles. The lowest BCUT2D eigenvalue weighted by Crippen LogP contribution is -2.47. The van der Waals surface area contributed by atoms with Crippen molar-refractivity contribution in [1.29, 1.82) is 0 Å². The molecule has 0 unspecified atom stereocenters. The Kier molecular flexibility index (Phi) is 21.3. The minimum absolute atomic E-state index is 0.0412. The number of fused-ring (bicyclic) bond motifs is 2. The zero-order chi connectivity index (χ0) is 64.3. The van der Waals surface area contributed by atoms with E-state index in [9.17, 15) is 37.4 Å². The van der Waals surface area contributed by atoms with Crippen LogP contribution in [0.4, 0.5) is 39.0 Å². The SMILES string of the molecule is Cc1ccc2c(CC[C@@H](O)C(F)F)cccc2c1Oc1ncccc1-c1ccnc(N[C@H]2CCCN(C(=O)OC(C)(C)C)C2)n1.Cc1ccc2c(CC[C@H](O)C(F)F)cccc2c1Oc1ncccc1-c1ccnc(N[C@H]2CCCN(C(=O)OC(C)(C)C)C2)n1. The van der Waals surface area contributed by atoms with Crippen LogP contribution in [0.1, 0.15) is 102 Å². The van der Waals surface area contributed by atoms with Crippen molar-refractivity contribution in [2.75, 3.05) is 36.8 Å². The van der Waals surface area contributed by atoms with E-state index in [4.69, 9.17) is 28.9 Å². The number of pyridine rings is 2. The molecular formula is C68H78F4N10O8. The smallest absolute Gasteiger partial charge is 0.410 e. The second kappa shape index (κ2) is 29.3. The van der Waals surface area contributed by atoms with Gasteiger partial charge in [0.2, 0.25) is 23.7 Å². The minimum atomic E-state index is -2.78. The number of rotatable bonds is 18. The van der Waals surface area contributed by atoms with Crippen LogP contribution in [-0.4, -0.2) is 137 Å². The molecule has 2 aliphatic rings. The van der Waals surface area contributed by atoms with E-state index in [-0.39, 0.29) is 37.1 Å². The number of aryl methyl sites for hydroxylation is 4. The van der Waals surface area contributed by atoms with Crippen LogP contribution in [0.15, 0.2) is 122 Å². The molecule has 4 aromatic carbocycles. The number of nitrogens with zero attached hydrogens (tertiary/aromatic N) is 8. The normalized spacial score (nSPS) is 16.1. The van der Waals surface area contributed by atoms with Crippen LogP contribution in [0.2, 0.25) is 0 Å². The third-order valence-electron chi connectivity index (χ3n) is 15.2. The lowest BCUT2D eigenvalue weighted by Gasteiger charge is -2.34. The summed E-state index contributed by atoms with van der Waals surface area (Å²) in [6.07, 6.45) is 0.925. The average Bonchev–Trinajstić information content (AvgIpc) is 0.944. The Morgan fingerprint density at radius 1 is 0.544 bits per heavy atom. The number of ether oxygens (including phenoxy) is 4. The quantitative estimate of drug-likeness (QED) is 0.0587. The predicted molar refractivity (Wildman–Crippen MR) is 338 cm³/mol. The Hall–Kier alpha value is -8.76. The number of piperidine rings is 2. The number of hydrogen-bond acceptors (Lipinski definition) is 16. The Morgan fingerprint density at radius 2 is 0.956 bits per heavy atom. The number of aromatic nitrogens is 6. The molecule has 4 aromatic heterocycles. The van der Waals surface area contributed by atoms with Crippen LogP contribution < -0.4 is 20.1 Å². The monoisotopic (exact) mass is 1240 g/mol. The van der Waals surface area contributed by atoms with Gasteiger partial charge in [-0.15, -0.1) is 0 Å². The number of alkyl halides is 4. The largest absolute Gasteiger partial charge is 0.444 e. The van der Waals surface area contributed by atoms with E-state index < -0.39 is 36.3 Å². The number of carbonyl (C=O) groups is 2. The van der Waals surface area contributed by atoms with E-state index in [1.54, 1.807) is 58.9 Å². The first-order chi connectivity index (χ1) is 43.0. The summed E-state index contributed by atoms with van der Waals surface area (Å²) in [5.74, 6) is 2.75. The molecule has 6 heterocycles. The van der Waals surface area contributed by atoms with Crippen molar-refractivity contribution in [3.05, 3.63) is 144 Å². The van der Waals surface area contributed by atoms with Crippen molar-refractivity contribution >= 4 is 45.6 Å². The first-order valence-electron chi connectivity index (χ1n) is 30.3. The van der Waals surface area contributed by atoms with Gasteiger partial charge in [-0.3, -0.25) is 0 Å². The molecule has 0 radical (unpaired) electrons. The summed E-state index contributed by atoms with van der Waals surface area (Å²) in [5, 5.41) is 29.4. The summed E-state index contributed by atoms with van der Waals surface area (Å²) < 4.78 is 75.7. The van der Waals surface area contributed by atoms with Gasteiger partial charge in [-0.2, -0.15) is 0 Å². The van der Waals surface area contributed by atoms with Gasteiger partial charge in [0.25, 0.3) is 12.9 Å². The van der Waals surface area contributed by atoms with Crippen molar-refractivity contribution in [1.82, 2.24) is 39.7 Å². The Morgan fingerprint density at radius 3 is 1.34 bits per heavy atom. The lowest BCUT2D eigenvalue weighted by molar-refractivity contribution is -0.00847. The highest BCUT2D eigenvalue weighted by molar-refractivity contribution is 5.93. The van der Waals surface area contributed by atoms with Gasteiger partial charge in [0.05, 0.1) is 22.5 Å². The highest BCUT2D eigenvalue weighted by Gasteiger charge is 2.31. The van der Waals surface area contributed by atoms with Gasteiger partial charge >= 0.3 is 12.2 Å². The van der Waals surface area contributed by atoms with Crippen LogP contribution in [0.5, 0.6) is 23.3 Å². The maximum atomic E-state index is 12.9. The Bertz CT molecular complexity index is 3530. The van der Waals surface area contributed by atoms with Gasteiger partial charge in [-0.1, -0.05) is 60.7 Å². The van der Waals surface area contributed by atoms with E-state index in [1.807, 2.05) is 128 Å². The molecule has 0 saturated carbocycles. The molecule has 2 amide bonds. The first-order valence-corrected chi connectivity index (χ1v) is 30.3. The number of aliphatic hydroxyl groups is 2. The number of likely N-dealkylation sites (tertiary alicyclic amines) is 2. The molecule has 0 spiro atoms. The number of nitrogens with one attached hydrogen (secondary N) is 2. The van der Waals surface area contributed by atoms with Crippen molar-refractivity contribution in [2.45, 2.75) is 155 Å². The first kappa shape index (κ1) is 65.7. The second-order valence-corrected chi connectivity index (χ2v) is 24.6. The van der Waals surface area contributed by atoms with Crippen molar-refractivity contribution in [2.24, 2.45) is 0 Å². The van der Waals surface area contributed by atoms with Gasteiger partial charge in [-0.05, 0) is 176 Å². The fourth-order valence-electron chi connectivity index (χ4n) is 10.8. The van der Waals surface area contributed by atoms with Crippen molar-refractivity contribution in [3.8, 4) is 45.8 Å². The minimum Gasteiger partial charge on any atom is -0.444 e. The molecule has 2 fully saturated rings. The van der Waals surface area contributed by atoms with Gasteiger partial charge in [0, 0.05) is 73.8 Å². The van der Waals surface area contributed by atoms with Crippen LogP contribution in [0.3, 0.4) is 0 Å². The van der Waals surface area contributed by atoms with Crippen LogP contribution in [-0.2, 0) is 22.3 Å². The fourth-order valence-corrected chi connectivity index (χ4v) is 10.8. The van der Waals surface area contributed by atoms with Gasteiger partial charge in [-0.25, -0.2) is 57.1 Å². The van der Waals surface area contributed by atoms with E-state index in [2.05, 4.69) is 30.6 Å². The lowest BCUT2D eigenvalue weighted by atomic mass is 9.97. The third kappa shape index (κ3) is 17.3. The zero-order valence-corrected chi connectivity index (χ0v) is 51.9.